The Balaban J connectivity index is 1.42. The van der Waals surface area contributed by atoms with Gasteiger partial charge in [0.15, 0.2) is 0 Å². The van der Waals surface area contributed by atoms with E-state index in [1.165, 1.54) is 6.42 Å². The summed E-state index contributed by atoms with van der Waals surface area (Å²) in [6.45, 7) is 2.10. The molecule has 1 heterocycles. The highest BCUT2D eigenvalue weighted by atomic mass is 16.5. The molecule has 0 aromatic heterocycles. The number of rotatable bonds is 14. The van der Waals surface area contributed by atoms with Gasteiger partial charge in [-0.3, -0.25) is 14.4 Å². The highest BCUT2D eigenvalue weighted by molar-refractivity contribution is 6.38. The summed E-state index contributed by atoms with van der Waals surface area (Å²) in [5, 5.41) is 8.35. The van der Waals surface area contributed by atoms with Crippen LogP contribution < -0.4 is 16.0 Å². The minimum absolute atomic E-state index is 0.181. The number of hydrogen-bond acceptors (Lipinski definition) is 6. The Labute approximate surface area is 253 Å². The average Bonchev–Trinajstić information content (AvgIpc) is 3.05. The van der Waals surface area contributed by atoms with Crippen molar-refractivity contribution < 1.29 is 28.7 Å². The third-order valence-corrected chi connectivity index (χ3v) is 8.00. The van der Waals surface area contributed by atoms with Gasteiger partial charge in [0.2, 0.25) is 11.7 Å². The van der Waals surface area contributed by atoms with E-state index in [-0.39, 0.29) is 25.8 Å². The van der Waals surface area contributed by atoms with Crippen LogP contribution in [0, 0.1) is 5.92 Å². The third-order valence-electron chi connectivity index (χ3n) is 8.00. The lowest BCUT2D eigenvalue weighted by molar-refractivity contribution is -0.141. The molecule has 0 bridgehead atoms. The minimum Gasteiger partial charge on any atom is -0.378 e. The number of nitrogens with one attached hydrogen (secondary N) is 3. The van der Waals surface area contributed by atoms with E-state index < -0.39 is 29.7 Å². The van der Waals surface area contributed by atoms with E-state index in [0.717, 1.165) is 36.8 Å². The van der Waals surface area contributed by atoms with Crippen molar-refractivity contribution in [1.29, 1.82) is 0 Å². The highest BCUT2D eigenvalue weighted by Gasteiger charge is 2.33. The van der Waals surface area contributed by atoms with Crippen molar-refractivity contribution in [2.24, 2.45) is 5.92 Å². The second-order valence-electron chi connectivity index (χ2n) is 11.3. The zero-order valence-corrected chi connectivity index (χ0v) is 24.8. The fourth-order valence-electron chi connectivity index (χ4n) is 5.53. The number of benzene rings is 2. The smallest absolute Gasteiger partial charge is 0.318 e. The Morgan fingerprint density at radius 3 is 2.16 bits per heavy atom. The molecule has 1 saturated carbocycles. The first kappa shape index (κ1) is 32.2. The van der Waals surface area contributed by atoms with Crippen LogP contribution in [0.4, 0.5) is 4.79 Å². The number of ketones is 1. The molecule has 4 rings (SSSR count). The summed E-state index contributed by atoms with van der Waals surface area (Å²) < 4.78 is 11.2. The number of morpholine rings is 1. The number of hydrogen-bond donors (Lipinski definition) is 3. The lowest BCUT2D eigenvalue weighted by atomic mass is 9.84. The first-order chi connectivity index (χ1) is 21.0. The molecule has 2 aromatic rings. The number of nitrogens with zero attached hydrogens (tertiary/aromatic N) is 1. The van der Waals surface area contributed by atoms with Crippen molar-refractivity contribution in [2.75, 3.05) is 39.5 Å². The zero-order valence-electron chi connectivity index (χ0n) is 24.8. The third kappa shape index (κ3) is 10.8. The van der Waals surface area contributed by atoms with Crippen LogP contribution in [0.25, 0.3) is 0 Å². The molecular weight excluding hydrogens is 548 g/mol. The number of ether oxygens (including phenoxy) is 2. The summed E-state index contributed by atoms with van der Waals surface area (Å²) in [4.78, 5) is 54.6. The van der Waals surface area contributed by atoms with Gasteiger partial charge in [0.05, 0.1) is 26.4 Å². The Morgan fingerprint density at radius 1 is 0.837 bits per heavy atom. The predicted octanol–water partition coefficient (Wildman–Crippen LogP) is 3.00. The minimum atomic E-state index is -1.21. The van der Waals surface area contributed by atoms with E-state index in [1.54, 1.807) is 4.90 Å². The van der Waals surface area contributed by atoms with Crippen LogP contribution in [-0.2, 0) is 36.9 Å². The molecule has 2 aliphatic rings. The molecule has 10 heteroatoms. The summed E-state index contributed by atoms with van der Waals surface area (Å²) in [7, 11) is 0. The van der Waals surface area contributed by atoms with E-state index in [2.05, 4.69) is 16.0 Å². The molecule has 0 spiro atoms. The number of Topliss-reactive ketones (excluding diaryl/α,β-unsaturated/α-hetero) is 1. The first-order valence-electron chi connectivity index (χ1n) is 15.4. The maximum absolute atomic E-state index is 13.7. The van der Waals surface area contributed by atoms with Gasteiger partial charge in [0.1, 0.15) is 12.1 Å². The lowest BCUT2D eigenvalue weighted by Crippen LogP contribution is -2.58. The van der Waals surface area contributed by atoms with Crippen molar-refractivity contribution in [1.82, 2.24) is 20.9 Å². The molecule has 2 fully saturated rings. The van der Waals surface area contributed by atoms with Crippen LogP contribution in [-0.4, -0.2) is 80.1 Å². The molecule has 2 aromatic carbocycles. The van der Waals surface area contributed by atoms with Crippen molar-refractivity contribution in [3.8, 4) is 0 Å². The predicted molar refractivity (Wildman–Crippen MR) is 162 cm³/mol. The molecular formula is C33H44N4O6. The van der Waals surface area contributed by atoms with Gasteiger partial charge in [-0.05, 0) is 29.9 Å². The molecule has 2 atom stereocenters. The van der Waals surface area contributed by atoms with Gasteiger partial charge in [-0.25, -0.2) is 4.79 Å². The van der Waals surface area contributed by atoms with Gasteiger partial charge in [0, 0.05) is 19.6 Å². The molecule has 232 valence electrons. The van der Waals surface area contributed by atoms with Gasteiger partial charge in [0.25, 0.3) is 5.91 Å². The molecule has 3 N–H and O–H groups in total. The molecule has 4 amide bonds. The summed E-state index contributed by atoms with van der Waals surface area (Å²) in [6, 6.07) is 16.7. The van der Waals surface area contributed by atoms with Crippen molar-refractivity contribution in [3.05, 3.63) is 71.8 Å². The van der Waals surface area contributed by atoms with E-state index in [1.807, 2.05) is 60.7 Å². The second kappa shape index (κ2) is 17.4. The summed E-state index contributed by atoms with van der Waals surface area (Å²) in [5.41, 5.74) is 1.94. The molecule has 1 aliphatic heterocycles. The average molecular weight is 593 g/mol. The SMILES string of the molecule is O=C(NCCc1ccccc1)C(=O)C(COCc1ccccc1)NC(=O)[C@H](CC1CCCCC1)NC(=O)N1CCOCC1. The van der Waals surface area contributed by atoms with E-state index in [4.69, 9.17) is 9.47 Å². The second-order valence-corrected chi connectivity index (χ2v) is 11.3. The van der Waals surface area contributed by atoms with E-state index in [0.29, 0.717) is 45.1 Å². The standard InChI is InChI=1S/C33H44N4O6/c38-30(32(40)34-17-16-25-10-4-1-5-11-25)29(24-43-23-27-14-8-3-9-15-27)35-31(39)28(22-26-12-6-2-7-13-26)36-33(41)37-18-20-42-21-19-37/h1,3-5,8-11,14-15,26,28-29H,2,6-7,12-13,16-24H2,(H,34,40)(H,35,39)(H,36,41)/t28-,29?/m0/s1. The fourth-order valence-corrected chi connectivity index (χ4v) is 5.53. The molecule has 1 aliphatic carbocycles. The Morgan fingerprint density at radius 2 is 1.49 bits per heavy atom. The van der Waals surface area contributed by atoms with Crippen LogP contribution in [0.2, 0.25) is 0 Å². The van der Waals surface area contributed by atoms with Crippen LogP contribution in [0.15, 0.2) is 60.7 Å². The van der Waals surface area contributed by atoms with Crippen molar-refractivity contribution >= 4 is 23.6 Å². The number of carbonyl (C=O) groups excluding carboxylic acids is 4. The van der Waals surface area contributed by atoms with Crippen LogP contribution in [0.1, 0.15) is 49.7 Å². The zero-order chi connectivity index (χ0) is 30.3. The van der Waals surface area contributed by atoms with Gasteiger partial charge in [-0.1, -0.05) is 92.8 Å². The van der Waals surface area contributed by atoms with Crippen molar-refractivity contribution in [2.45, 2.75) is 63.6 Å². The molecule has 1 unspecified atom stereocenters. The van der Waals surface area contributed by atoms with Crippen LogP contribution >= 0.6 is 0 Å². The quantitative estimate of drug-likeness (QED) is 0.290. The monoisotopic (exact) mass is 592 g/mol. The lowest BCUT2D eigenvalue weighted by Gasteiger charge is -2.31. The maximum atomic E-state index is 13.7. The van der Waals surface area contributed by atoms with Gasteiger partial charge < -0.3 is 30.3 Å². The van der Waals surface area contributed by atoms with Crippen LogP contribution in [0.5, 0.6) is 0 Å². The molecule has 10 nitrogen and oxygen atoms in total. The van der Waals surface area contributed by atoms with E-state index >= 15 is 0 Å². The Bertz CT molecular complexity index is 1170. The van der Waals surface area contributed by atoms with Crippen LogP contribution in [0.3, 0.4) is 0 Å². The van der Waals surface area contributed by atoms with E-state index in [9.17, 15) is 19.2 Å². The summed E-state index contributed by atoms with van der Waals surface area (Å²) >= 11 is 0. The van der Waals surface area contributed by atoms with Gasteiger partial charge in [-0.15, -0.1) is 0 Å². The fraction of sp³-hybridized carbons (Fsp3) is 0.515. The molecule has 43 heavy (non-hydrogen) atoms. The summed E-state index contributed by atoms with van der Waals surface area (Å²) in [5.74, 6) is -1.78. The largest absolute Gasteiger partial charge is 0.378 e. The Kier molecular flexibility index (Phi) is 13.0. The number of urea groups is 1. The van der Waals surface area contributed by atoms with Gasteiger partial charge in [-0.2, -0.15) is 0 Å². The number of amides is 4. The molecule has 1 saturated heterocycles. The normalized spacial score (nSPS) is 17.0. The maximum Gasteiger partial charge on any atom is 0.318 e. The highest BCUT2D eigenvalue weighted by Crippen LogP contribution is 2.27. The first-order valence-corrected chi connectivity index (χ1v) is 15.4. The van der Waals surface area contributed by atoms with Gasteiger partial charge >= 0.3 is 6.03 Å². The summed E-state index contributed by atoms with van der Waals surface area (Å²) in [6.07, 6.45) is 6.37. The topological polar surface area (TPSA) is 126 Å². The van der Waals surface area contributed by atoms with Crippen molar-refractivity contribution in [3.63, 3.8) is 0 Å². The molecule has 0 radical (unpaired) electrons. The Hall–Kier alpha value is -3.76. The number of carbonyl (C=O) groups is 4.